The largest absolute Gasteiger partial charge is 0.490 e. The molecule has 0 bridgehead atoms. The normalized spacial score (nSPS) is 32.7. The summed E-state index contributed by atoms with van der Waals surface area (Å²) in [4.78, 5) is 0. The van der Waals surface area contributed by atoms with Crippen molar-refractivity contribution in [2.24, 2.45) is 11.8 Å². The summed E-state index contributed by atoms with van der Waals surface area (Å²) < 4.78 is 24.2. The van der Waals surface area contributed by atoms with Crippen molar-refractivity contribution in [1.82, 2.24) is 0 Å². The van der Waals surface area contributed by atoms with E-state index in [4.69, 9.17) is 18.6 Å². The summed E-state index contributed by atoms with van der Waals surface area (Å²) >= 11 is 0. The van der Waals surface area contributed by atoms with Crippen molar-refractivity contribution in [2.45, 2.75) is 130 Å². The minimum atomic E-state index is -0.209. The van der Waals surface area contributed by atoms with Crippen LogP contribution in [0.2, 0.25) is 0 Å². The molecule has 2 heterocycles. The molecule has 4 rings (SSSR count). The zero-order valence-corrected chi connectivity index (χ0v) is 22.3. The van der Waals surface area contributed by atoms with E-state index in [1.54, 1.807) is 0 Å². The number of rotatable bonds is 2. The summed E-state index contributed by atoms with van der Waals surface area (Å²) in [5.74, 6) is 1.43. The molecule has 2 aliphatic heterocycles. The van der Waals surface area contributed by atoms with Crippen LogP contribution in [0.25, 0.3) is 0 Å². The summed E-state index contributed by atoms with van der Waals surface area (Å²) in [6, 6.07) is 0. The Kier molecular flexibility index (Phi) is 7.53. The molecule has 0 aromatic carbocycles. The van der Waals surface area contributed by atoms with Gasteiger partial charge in [-0.15, -0.1) is 0 Å². The maximum atomic E-state index is 6.06. The summed E-state index contributed by atoms with van der Waals surface area (Å²) in [5.41, 5.74) is 1.85. The van der Waals surface area contributed by atoms with Crippen LogP contribution in [0.15, 0.2) is 23.1 Å². The summed E-state index contributed by atoms with van der Waals surface area (Å²) in [6.07, 6.45) is 11.9. The highest BCUT2D eigenvalue weighted by Crippen LogP contribution is 2.41. The van der Waals surface area contributed by atoms with Gasteiger partial charge in [0, 0.05) is 0 Å². The highest BCUT2D eigenvalue weighted by molar-refractivity contribution is 6.55. The molecule has 180 valence electrons. The second-order valence-corrected chi connectivity index (χ2v) is 12.5. The fourth-order valence-corrected chi connectivity index (χ4v) is 4.68. The van der Waals surface area contributed by atoms with Gasteiger partial charge in [-0.25, -0.2) is 0 Å². The van der Waals surface area contributed by atoms with Crippen LogP contribution in [0, 0.1) is 11.8 Å². The van der Waals surface area contributed by atoms with Gasteiger partial charge in [0.05, 0.1) is 22.4 Å². The molecule has 0 spiro atoms. The van der Waals surface area contributed by atoms with Crippen molar-refractivity contribution < 1.29 is 18.6 Å². The summed E-state index contributed by atoms with van der Waals surface area (Å²) in [6.45, 7) is 21.5. The van der Waals surface area contributed by atoms with Gasteiger partial charge in [0.25, 0.3) is 0 Å². The van der Waals surface area contributed by atoms with Crippen molar-refractivity contribution in [1.29, 1.82) is 0 Å². The molecule has 4 aliphatic rings. The second kappa shape index (κ2) is 9.24. The van der Waals surface area contributed by atoms with Crippen molar-refractivity contribution in [3.05, 3.63) is 23.1 Å². The van der Waals surface area contributed by atoms with Gasteiger partial charge in [0.1, 0.15) is 0 Å². The third kappa shape index (κ3) is 5.56. The maximum absolute atomic E-state index is 6.06. The Hall–Kier alpha value is -0.550. The molecule has 0 amide bonds. The average Bonchev–Trinajstić information content (AvgIpc) is 3.02. The van der Waals surface area contributed by atoms with Crippen LogP contribution < -0.4 is 0 Å². The van der Waals surface area contributed by atoms with Crippen LogP contribution in [0.1, 0.15) is 108 Å². The van der Waals surface area contributed by atoms with E-state index in [2.05, 4.69) is 81.4 Å². The van der Waals surface area contributed by atoms with Crippen molar-refractivity contribution in [2.75, 3.05) is 0 Å². The average molecular weight is 444 g/mol. The molecule has 0 aromatic rings. The minimum absolute atomic E-state index is 0.118. The minimum Gasteiger partial charge on any atom is -0.400 e. The highest BCUT2D eigenvalue weighted by atomic mass is 16.7. The van der Waals surface area contributed by atoms with Crippen LogP contribution in [0.5, 0.6) is 0 Å². The SMILES string of the molecule is CC1C=C(B2OC(C)(C)C(C)(C)O2)CCC1.CC1CCC=C(B2OC(C)(C)C(C)(C)O2)C1. The van der Waals surface area contributed by atoms with E-state index in [0.29, 0.717) is 5.92 Å². The third-order valence-corrected chi connectivity index (χ3v) is 8.39. The Morgan fingerprint density at radius 3 is 1.62 bits per heavy atom. The van der Waals surface area contributed by atoms with Gasteiger partial charge in [-0.05, 0) is 117 Å². The number of hydrogen-bond donors (Lipinski definition) is 0. The fourth-order valence-electron chi connectivity index (χ4n) is 4.68. The lowest BCUT2D eigenvalue weighted by atomic mass is 9.70. The molecule has 0 saturated carbocycles. The molecule has 2 aliphatic carbocycles. The number of allylic oxidation sites excluding steroid dienone is 4. The van der Waals surface area contributed by atoms with Gasteiger partial charge in [-0.2, -0.15) is 0 Å². The zero-order valence-electron chi connectivity index (χ0n) is 22.3. The smallest absolute Gasteiger partial charge is 0.400 e. The predicted octanol–water partition coefficient (Wildman–Crippen LogP) is 6.73. The molecular formula is C26H46B2O4. The van der Waals surface area contributed by atoms with Crippen LogP contribution >= 0.6 is 0 Å². The summed E-state index contributed by atoms with van der Waals surface area (Å²) in [5, 5.41) is 0. The molecule has 2 atom stereocenters. The van der Waals surface area contributed by atoms with E-state index >= 15 is 0 Å². The highest BCUT2D eigenvalue weighted by Gasteiger charge is 2.53. The lowest BCUT2D eigenvalue weighted by molar-refractivity contribution is 0.00578. The van der Waals surface area contributed by atoms with E-state index < -0.39 is 0 Å². The van der Waals surface area contributed by atoms with E-state index in [0.717, 1.165) is 18.8 Å². The molecule has 2 unspecified atom stereocenters. The third-order valence-electron chi connectivity index (χ3n) is 8.39. The Labute approximate surface area is 198 Å². The van der Waals surface area contributed by atoms with Crippen LogP contribution in [0.3, 0.4) is 0 Å². The quantitative estimate of drug-likeness (QED) is 0.443. The fraction of sp³-hybridized carbons (Fsp3) is 0.846. The molecule has 0 N–H and O–H groups in total. The van der Waals surface area contributed by atoms with E-state index in [1.165, 1.54) is 36.6 Å². The molecule has 0 radical (unpaired) electrons. The first-order valence-electron chi connectivity index (χ1n) is 12.7. The van der Waals surface area contributed by atoms with Gasteiger partial charge in [0.15, 0.2) is 0 Å². The number of hydrogen-bond acceptors (Lipinski definition) is 4. The molecule has 2 fully saturated rings. The Morgan fingerprint density at radius 2 is 1.19 bits per heavy atom. The molecule has 6 heteroatoms. The van der Waals surface area contributed by atoms with E-state index in [-0.39, 0.29) is 36.6 Å². The monoisotopic (exact) mass is 444 g/mol. The summed E-state index contributed by atoms with van der Waals surface area (Å²) in [7, 11) is -0.236. The molecule has 32 heavy (non-hydrogen) atoms. The predicted molar refractivity (Wildman–Crippen MR) is 134 cm³/mol. The van der Waals surface area contributed by atoms with Crippen LogP contribution in [-0.2, 0) is 18.6 Å². The Morgan fingerprint density at radius 1 is 0.719 bits per heavy atom. The van der Waals surface area contributed by atoms with Crippen molar-refractivity contribution >= 4 is 14.2 Å². The molecule has 0 aromatic heterocycles. The van der Waals surface area contributed by atoms with Crippen LogP contribution in [-0.4, -0.2) is 36.6 Å². The standard InChI is InChI=1S/2C13H23BO2/c2*1-10-7-6-8-11(9-10)14-15-12(2,3)13(4,5)16-14/h9-10H,6-8H2,1-5H3;8,10H,6-7,9H2,1-5H3. The van der Waals surface area contributed by atoms with Crippen LogP contribution in [0.4, 0.5) is 0 Å². The van der Waals surface area contributed by atoms with Gasteiger partial charge in [-0.1, -0.05) is 26.0 Å². The Balaban J connectivity index is 0.000000181. The van der Waals surface area contributed by atoms with Gasteiger partial charge in [-0.3, -0.25) is 0 Å². The first-order chi connectivity index (χ1) is 14.6. The maximum Gasteiger partial charge on any atom is 0.490 e. The molecular weight excluding hydrogens is 398 g/mol. The first kappa shape index (κ1) is 26.1. The van der Waals surface area contributed by atoms with Crippen molar-refractivity contribution in [3.8, 4) is 0 Å². The Bertz CT molecular complexity index is 706. The van der Waals surface area contributed by atoms with Gasteiger partial charge in [0.2, 0.25) is 0 Å². The second-order valence-electron chi connectivity index (χ2n) is 12.5. The van der Waals surface area contributed by atoms with Crippen molar-refractivity contribution in [3.63, 3.8) is 0 Å². The first-order valence-corrected chi connectivity index (χ1v) is 12.7. The lowest BCUT2D eigenvalue weighted by Gasteiger charge is -2.32. The van der Waals surface area contributed by atoms with E-state index in [1.807, 2.05) is 0 Å². The van der Waals surface area contributed by atoms with Gasteiger partial charge >= 0.3 is 14.2 Å². The topological polar surface area (TPSA) is 36.9 Å². The molecule has 4 nitrogen and oxygen atoms in total. The van der Waals surface area contributed by atoms with E-state index in [9.17, 15) is 0 Å². The molecule has 2 saturated heterocycles. The lowest BCUT2D eigenvalue weighted by Crippen LogP contribution is -2.41. The zero-order chi connectivity index (χ0) is 23.9. The van der Waals surface area contributed by atoms with Gasteiger partial charge < -0.3 is 18.6 Å².